The van der Waals surface area contributed by atoms with E-state index in [0.29, 0.717) is 11.0 Å². The number of benzene rings is 1. The molecule has 0 fully saturated rings. The molecular weight excluding hydrogens is 391 g/mol. The molecule has 1 aromatic carbocycles. The van der Waals surface area contributed by atoms with E-state index in [2.05, 4.69) is 19.7 Å². The van der Waals surface area contributed by atoms with Crippen LogP contribution in [0.2, 0.25) is 0 Å². The molecule has 0 unspecified atom stereocenters. The van der Waals surface area contributed by atoms with Crippen LogP contribution in [0.5, 0.6) is 17.2 Å². The molecule has 1 radical (unpaired) electrons. The number of alkyl halides is 2. The topological polar surface area (TPSA) is 92.3 Å². The summed E-state index contributed by atoms with van der Waals surface area (Å²) >= 11 is -1.72. The van der Waals surface area contributed by atoms with Gasteiger partial charge in [0.1, 0.15) is 11.4 Å². The van der Waals surface area contributed by atoms with Gasteiger partial charge in [0, 0.05) is 59.1 Å². The Hall–Kier alpha value is -1.59. The summed E-state index contributed by atoms with van der Waals surface area (Å²) in [5.74, 6) is -0.246. The number of nitrogens with one attached hydrogen (secondary N) is 1. The summed E-state index contributed by atoms with van der Waals surface area (Å²) in [5.41, 5.74) is 0.982. The van der Waals surface area contributed by atoms with Gasteiger partial charge in [0.15, 0.2) is 17.3 Å². The first-order chi connectivity index (χ1) is 13.7. The van der Waals surface area contributed by atoms with Crippen LogP contribution in [0.4, 0.5) is 8.78 Å². The Bertz CT molecular complexity index is 1010. The number of fused-ring (bicyclic) bond motifs is 1. The Morgan fingerprint density at radius 3 is 2.85 bits per heavy atom. The van der Waals surface area contributed by atoms with Crippen molar-refractivity contribution >= 4 is 51.8 Å². The SMILES string of the molecule is [2H]C([2H])([2H])Oc1ccnc(C[S@+]([O-])c2nc3cc(OC(F)F)ccc3[nH]2)c1OC.[Na]. The predicted octanol–water partition coefficient (Wildman–Crippen LogP) is 2.50. The number of aromatic amines is 1. The summed E-state index contributed by atoms with van der Waals surface area (Å²) in [6.45, 7) is -2.97. The maximum atomic E-state index is 12.7. The second-order valence-electron chi connectivity index (χ2n) is 4.98. The fraction of sp³-hybridized carbons (Fsp3) is 0.250. The quantitative estimate of drug-likeness (QED) is 0.476. The molecule has 0 aliphatic heterocycles. The van der Waals surface area contributed by atoms with Crippen LogP contribution in [0.25, 0.3) is 11.0 Å². The van der Waals surface area contributed by atoms with Crippen LogP contribution < -0.4 is 14.2 Å². The number of halogens is 2. The van der Waals surface area contributed by atoms with E-state index in [1.807, 2.05) is 0 Å². The second-order valence-corrected chi connectivity index (χ2v) is 6.35. The van der Waals surface area contributed by atoms with Gasteiger partial charge in [-0.15, -0.1) is 0 Å². The number of H-pyrrole nitrogens is 1. The fourth-order valence-corrected chi connectivity index (χ4v) is 3.33. The van der Waals surface area contributed by atoms with Crippen molar-refractivity contribution in [3.05, 3.63) is 36.2 Å². The Balaban J connectivity index is 0.00000320. The molecule has 3 rings (SSSR count). The van der Waals surface area contributed by atoms with E-state index in [0.717, 1.165) is 0 Å². The van der Waals surface area contributed by atoms with Crippen molar-refractivity contribution in [1.29, 1.82) is 0 Å². The Kier molecular flexibility index (Phi) is 6.20. The molecule has 2 aromatic heterocycles. The van der Waals surface area contributed by atoms with Crippen LogP contribution in [0.3, 0.4) is 0 Å². The first-order valence-electron chi connectivity index (χ1n) is 8.70. The number of hydrogen-bond acceptors (Lipinski definition) is 6. The summed E-state index contributed by atoms with van der Waals surface area (Å²) in [7, 11) is -1.39. The van der Waals surface area contributed by atoms with Crippen molar-refractivity contribution in [3.63, 3.8) is 0 Å². The fourth-order valence-electron chi connectivity index (χ4n) is 2.31. The summed E-state index contributed by atoms with van der Waals surface area (Å²) < 4.78 is 73.4. The minimum atomic E-state index is -2.97. The largest absolute Gasteiger partial charge is 0.609 e. The summed E-state index contributed by atoms with van der Waals surface area (Å²) in [6, 6.07) is 5.43. The van der Waals surface area contributed by atoms with Gasteiger partial charge in [0.05, 0.1) is 29.3 Å². The minimum absolute atomic E-state index is 0. The van der Waals surface area contributed by atoms with Gasteiger partial charge >= 0.3 is 11.8 Å². The zero-order chi connectivity index (χ0) is 21.2. The molecule has 1 atom stereocenters. The average Bonchev–Trinajstić information content (AvgIpc) is 3.03. The predicted molar refractivity (Wildman–Crippen MR) is 95.9 cm³/mol. The number of pyridine rings is 1. The van der Waals surface area contributed by atoms with Gasteiger partial charge in [0.2, 0.25) is 0 Å². The molecule has 0 saturated heterocycles. The first kappa shape index (κ1) is 17.5. The molecule has 0 amide bonds. The zero-order valence-electron chi connectivity index (χ0n) is 17.4. The molecule has 0 spiro atoms. The Labute approximate surface area is 183 Å². The van der Waals surface area contributed by atoms with E-state index in [4.69, 9.17) is 13.6 Å². The molecule has 11 heteroatoms. The molecule has 2 heterocycles. The molecule has 27 heavy (non-hydrogen) atoms. The van der Waals surface area contributed by atoms with Crippen molar-refractivity contribution in [2.24, 2.45) is 0 Å². The molecule has 0 bridgehead atoms. The van der Waals surface area contributed by atoms with Crippen LogP contribution in [-0.4, -0.2) is 69.8 Å². The molecule has 0 aliphatic carbocycles. The maximum Gasteiger partial charge on any atom is 0.387 e. The Morgan fingerprint density at radius 1 is 1.33 bits per heavy atom. The number of aromatic nitrogens is 3. The zero-order valence-corrected chi connectivity index (χ0v) is 17.2. The van der Waals surface area contributed by atoms with Crippen molar-refractivity contribution < 1.29 is 31.7 Å². The molecule has 1 N–H and O–H groups in total. The average molecular weight is 409 g/mol. The number of hydrogen-bond donors (Lipinski definition) is 1. The number of nitrogens with zero attached hydrogens (tertiary/aromatic N) is 2. The van der Waals surface area contributed by atoms with Crippen molar-refractivity contribution in [3.8, 4) is 17.2 Å². The molecular formula is C16H15F2N3NaO4S. The van der Waals surface area contributed by atoms with Crippen LogP contribution in [-0.2, 0) is 16.9 Å². The summed E-state index contributed by atoms with van der Waals surface area (Å²) in [5, 5.41) is 0.0835. The van der Waals surface area contributed by atoms with E-state index in [1.165, 1.54) is 37.6 Å². The summed E-state index contributed by atoms with van der Waals surface area (Å²) in [6.07, 6.45) is 1.31. The molecule has 0 saturated carbocycles. The minimum Gasteiger partial charge on any atom is -0.609 e. The monoisotopic (exact) mass is 409 g/mol. The normalized spacial score (nSPS) is 14.0. The molecule has 7 nitrogen and oxygen atoms in total. The smallest absolute Gasteiger partial charge is 0.387 e. The number of methoxy groups -OCH3 is 2. The van der Waals surface area contributed by atoms with Gasteiger partial charge < -0.3 is 18.8 Å². The number of rotatable bonds is 7. The number of imidazole rings is 1. The Morgan fingerprint density at radius 2 is 2.15 bits per heavy atom. The van der Waals surface area contributed by atoms with Crippen molar-refractivity contribution in [2.75, 3.05) is 14.1 Å². The van der Waals surface area contributed by atoms with Gasteiger partial charge in [-0.1, -0.05) is 0 Å². The van der Waals surface area contributed by atoms with Crippen LogP contribution in [0.15, 0.2) is 35.6 Å². The van der Waals surface area contributed by atoms with E-state index in [9.17, 15) is 13.3 Å². The maximum absolute atomic E-state index is 12.7. The molecule has 0 aliphatic rings. The number of ether oxygens (including phenoxy) is 3. The third kappa shape index (κ3) is 5.02. The van der Waals surface area contributed by atoms with Gasteiger partial charge in [-0.05, 0) is 12.1 Å². The van der Waals surface area contributed by atoms with E-state index >= 15 is 0 Å². The van der Waals surface area contributed by atoms with Crippen LogP contribution in [0.1, 0.15) is 9.81 Å². The van der Waals surface area contributed by atoms with Gasteiger partial charge in [0.25, 0.3) is 0 Å². The third-order valence-corrected chi connectivity index (χ3v) is 4.56. The van der Waals surface area contributed by atoms with E-state index < -0.39 is 24.8 Å². The molecule has 3 aromatic rings. The first-order valence-corrected chi connectivity index (χ1v) is 8.52. The van der Waals surface area contributed by atoms with Crippen molar-refractivity contribution in [1.82, 2.24) is 15.0 Å². The van der Waals surface area contributed by atoms with Crippen molar-refractivity contribution in [2.45, 2.75) is 17.5 Å². The second kappa shape index (κ2) is 9.56. The van der Waals surface area contributed by atoms with Crippen LogP contribution in [0, 0.1) is 0 Å². The van der Waals surface area contributed by atoms with Gasteiger partial charge in [-0.2, -0.15) is 13.8 Å². The summed E-state index contributed by atoms with van der Waals surface area (Å²) in [4.78, 5) is 11.1. The van der Waals surface area contributed by atoms with Gasteiger partial charge in [-0.3, -0.25) is 9.97 Å². The van der Waals surface area contributed by atoms with Crippen LogP contribution >= 0.6 is 0 Å². The van der Waals surface area contributed by atoms with Gasteiger partial charge in [-0.25, -0.2) is 0 Å². The standard InChI is InChI=1S/C16H15F2N3O4S.Na/c1-23-13-5-6-19-12(14(13)24-2)8-26(22)16-20-10-4-3-9(25-15(17)18)7-11(10)21-16;/h3-7,15H,8H2,1-2H3,(H,20,21);/t26-;/m0./s1/i1D3;. The van der Waals surface area contributed by atoms with E-state index in [-0.39, 0.29) is 63.4 Å². The van der Waals surface area contributed by atoms with E-state index in [1.54, 1.807) is 0 Å². The third-order valence-electron chi connectivity index (χ3n) is 3.40. The molecule has 139 valence electrons.